The van der Waals surface area contributed by atoms with Crippen molar-refractivity contribution in [3.05, 3.63) is 72.5 Å². The van der Waals surface area contributed by atoms with Gasteiger partial charge in [-0.2, -0.15) is 4.31 Å². The normalized spacial score (nSPS) is 15.3. The van der Waals surface area contributed by atoms with Gasteiger partial charge in [-0.25, -0.2) is 12.8 Å². The van der Waals surface area contributed by atoms with E-state index in [0.717, 1.165) is 22.9 Å². The topological polar surface area (TPSA) is 92.8 Å². The van der Waals surface area contributed by atoms with E-state index in [9.17, 15) is 22.4 Å². The standard InChI is InChI=1S/C24H23FN2O5S/c25-20-6-9-22(10-7-20)33(30,31)27-13-11-18(12-14-27)24(29)32-16-23(28)26-21-8-5-17-3-1-2-4-19(17)15-21/h1-10,15,18H,11-14,16H2,(H,26,28). The Balaban J connectivity index is 1.26. The molecule has 0 saturated carbocycles. The quantitative estimate of drug-likeness (QED) is 0.556. The summed E-state index contributed by atoms with van der Waals surface area (Å²) in [5.41, 5.74) is 0.606. The molecule has 1 fully saturated rings. The molecule has 1 heterocycles. The number of anilines is 1. The maximum atomic E-state index is 13.1. The molecule has 0 radical (unpaired) electrons. The monoisotopic (exact) mass is 470 g/mol. The summed E-state index contributed by atoms with van der Waals surface area (Å²) < 4.78 is 44.9. The van der Waals surface area contributed by atoms with E-state index in [4.69, 9.17) is 4.74 Å². The lowest BCUT2D eigenvalue weighted by Gasteiger charge is -2.30. The van der Waals surface area contributed by atoms with Crippen LogP contribution in [0.1, 0.15) is 12.8 Å². The largest absolute Gasteiger partial charge is 0.455 e. The number of hydrogen-bond acceptors (Lipinski definition) is 5. The second-order valence-electron chi connectivity index (χ2n) is 7.85. The van der Waals surface area contributed by atoms with Crippen LogP contribution in [-0.2, 0) is 24.3 Å². The van der Waals surface area contributed by atoms with Gasteiger partial charge in [0.1, 0.15) is 5.82 Å². The number of carbonyl (C=O) groups is 2. The molecule has 0 aromatic heterocycles. The van der Waals surface area contributed by atoms with E-state index in [1.165, 1.54) is 16.4 Å². The number of hydrogen-bond donors (Lipinski definition) is 1. The highest BCUT2D eigenvalue weighted by Crippen LogP contribution is 2.25. The highest BCUT2D eigenvalue weighted by Gasteiger charge is 2.33. The number of piperidine rings is 1. The van der Waals surface area contributed by atoms with Crippen molar-refractivity contribution in [1.82, 2.24) is 4.31 Å². The first-order valence-electron chi connectivity index (χ1n) is 10.5. The smallest absolute Gasteiger partial charge is 0.309 e. The van der Waals surface area contributed by atoms with Gasteiger partial charge < -0.3 is 10.1 Å². The third-order valence-electron chi connectivity index (χ3n) is 5.62. The third kappa shape index (κ3) is 5.37. The number of rotatable bonds is 6. The first-order chi connectivity index (χ1) is 15.8. The Kier molecular flexibility index (Phi) is 6.71. The predicted molar refractivity (Wildman–Crippen MR) is 121 cm³/mol. The van der Waals surface area contributed by atoms with Crippen molar-refractivity contribution in [1.29, 1.82) is 0 Å². The van der Waals surface area contributed by atoms with Crippen molar-refractivity contribution in [3.63, 3.8) is 0 Å². The molecular formula is C24H23FN2O5S. The molecule has 1 aliphatic heterocycles. The number of nitrogens with zero attached hydrogens (tertiary/aromatic N) is 1. The van der Waals surface area contributed by atoms with Gasteiger partial charge in [0, 0.05) is 18.8 Å². The highest BCUT2D eigenvalue weighted by atomic mass is 32.2. The molecule has 7 nitrogen and oxygen atoms in total. The van der Waals surface area contributed by atoms with Gasteiger partial charge in [0.15, 0.2) is 6.61 Å². The highest BCUT2D eigenvalue weighted by molar-refractivity contribution is 7.89. The zero-order valence-corrected chi connectivity index (χ0v) is 18.6. The second kappa shape index (κ2) is 9.68. The van der Waals surface area contributed by atoms with Crippen LogP contribution in [0.3, 0.4) is 0 Å². The fourth-order valence-corrected chi connectivity index (χ4v) is 5.28. The molecule has 0 bridgehead atoms. The summed E-state index contributed by atoms with van der Waals surface area (Å²) in [4.78, 5) is 24.6. The molecule has 9 heteroatoms. The zero-order chi connectivity index (χ0) is 23.4. The van der Waals surface area contributed by atoms with Crippen LogP contribution in [0.25, 0.3) is 10.8 Å². The van der Waals surface area contributed by atoms with Gasteiger partial charge in [-0.15, -0.1) is 0 Å². The summed E-state index contributed by atoms with van der Waals surface area (Å²) in [6.45, 7) is -0.134. The van der Waals surface area contributed by atoms with Crippen LogP contribution >= 0.6 is 0 Å². The van der Waals surface area contributed by atoms with Gasteiger partial charge in [-0.1, -0.05) is 30.3 Å². The third-order valence-corrected chi connectivity index (χ3v) is 7.53. The van der Waals surface area contributed by atoms with Gasteiger partial charge in [0.25, 0.3) is 5.91 Å². The fraction of sp³-hybridized carbons (Fsp3) is 0.250. The molecule has 0 spiro atoms. The predicted octanol–water partition coefficient (Wildman–Crippen LogP) is 3.56. The summed E-state index contributed by atoms with van der Waals surface area (Å²) >= 11 is 0. The minimum atomic E-state index is -3.75. The molecule has 0 aliphatic carbocycles. The van der Waals surface area contributed by atoms with Gasteiger partial charge in [-0.05, 0) is 60.0 Å². The Morgan fingerprint density at radius 1 is 0.970 bits per heavy atom. The van der Waals surface area contributed by atoms with Crippen LogP contribution in [0, 0.1) is 11.7 Å². The van der Waals surface area contributed by atoms with E-state index in [2.05, 4.69) is 5.32 Å². The lowest BCUT2D eigenvalue weighted by atomic mass is 9.98. The Morgan fingerprint density at radius 2 is 1.64 bits per heavy atom. The van der Waals surface area contributed by atoms with E-state index >= 15 is 0 Å². The van der Waals surface area contributed by atoms with Crippen molar-refractivity contribution in [2.45, 2.75) is 17.7 Å². The van der Waals surface area contributed by atoms with E-state index in [-0.39, 0.29) is 30.8 Å². The van der Waals surface area contributed by atoms with Gasteiger partial charge in [0.2, 0.25) is 10.0 Å². The number of nitrogens with one attached hydrogen (secondary N) is 1. The second-order valence-corrected chi connectivity index (χ2v) is 9.79. The van der Waals surface area contributed by atoms with Crippen LogP contribution < -0.4 is 5.32 Å². The van der Waals surface area contributed by atoms with E-state index in [0.29, 0.717) is 5.69 Å². The number of halogens is 1. The Labute approximate surface area is 191 Å². The molecule has 33 heavy (non-hydrogen) atoms. The average molecular weight is 471 g/mol. The van der Waals surface area contributed by atoms with Crippen molar-refractivity contribution >= 4 is 38.4 Å². The molecule has 172 valence electrons. The van der Waals surface area contributed by atoms with Crippen LogP contribution in [0.4, 0.5) is 10.1 Å². The SMILES string of the molecule is O=C(COC(=O)C1CCN(S(=O)(=O)c2ccc(F)cc2)CC1)Nc1ccc2ccccc2c1. The number of esters is 1. The van der Waals surface area contributed by atoms with Crippen molar-refractivity contribution in [2.24, 2.45) is 5.92 Å². The molecular weight excluding hydrogens is 447 g/mol. The van der Waals surface area contributed by atoms with Gasteiger partial charge >= 0.3 is 5.97 Å². The maximum Gasteiger partial charge on any atom is 0.309 e. The van der Waals surface area contributed by atoms with Crippen LogP contribution in [-0.4, -0.2) is 44.3 Å². The molecule has 0 atom stereocenters. The average Bonchev–Trinajstić information content (AvgIpc) is 2.83. The number of carbonyl (C=O) groups excluding carboxylic acids is 2. The number of fused-ring (bicyclic) bond motifs is 1. The summed E-state index contributed by atoms with van der Waals surface area (Å²) in [6, 6.07) is 17.9. The minimum absolute atomic E-state index is 0.00953. The number of benzene rings is 3. The van der Waals surface area contributed by atoms with Crippen molar-refractivity contribution in [2.75, 3.05) is 25.0 Å². The molecule has 1 amide bonds. The Hall–Kier alpha value is -3.30. The number of sulfonamides is 1. The molecule has 4 rings (SSSR count). The number of ether oxygens (including phenoxy) is 1. The van der Waals surface area contributed by atoms with Crippen LogP contribution in [0.2, 0.25) is 0 Å². The summed E-state index contributed by atoms with van der Waals surface area (Å²) in [5, 5.41) is 4.74. The summed E-state index contributed by atoms with van der Waals surface area (Å²) in [6.07, 6.45) is 0.567. The van der Waals surface area contributed by atoms with E-state index in [1.807, 2.05) is 36.4 Å². The zero-order valence-electron chi connectivity index (χ0n) is 17.7. The molecule has 1 saturated heterocycles. The van der Waals surface area contributed by atoms with Gasteiger partial charge in [0.05, 0.1) is 10.8 Å². The first-order valence-corrected chi connectivity index (χ1v) is 12.0. The molecule has 3 aromatic rings. The molecule has 1 N–H and O–H groups in total. The number of amides is 1. The van der Waals surface area contributed by atoms with E-state index < -0.39 is 40.2 Å². The van der Waals surface area contributed by atoms with E-state index in [1.54, 1.807) is 6.07 Å². The summed E-state index contributed by atoms with van der Waals surface area (Å²) in [7, 11) is -3.75. The molecule has 0 unspecified atom stereocenters. The van der Waals surface area contributed by atoms with Crippen LogP contribution in [0.5, 0.6) is 0 Å². The summed E-state index contributed by atoms with van der Waals surface area (Å²) in [5.74, 6) is -1.98. The minimum Gasteiger partial charge on any atom is -0.455 e. The Bertz CT molecular complexity index is 1270. The van der Waals surface area contributed by atoms with Crippen molar-refractivity contribution in [3.8, 4) is 0 Å². The maximum absolute atomic E-state index is 13.1. The molecule has 3 aromatic carbocycles. The first kappa shape index (κ1) is 22.9. The lowest BCUT2D eigenvalue weighted by molar-refractivity contribution is -0.152. The van der Waals surface area contributed by atoms with Gasteiger partial charge in [-0.3, -0.25) is 9.59 Å². The lowest BCUT2D eigenvalue weighted by Crippen LogP contribution is -2.40. The molecule has 1 aliphatic rings. The van der Waals surface area contributed by atoms with Crippen LogP contribution in [0.15, 0.2) is 71.6 Å². The van der Waals surface area contributed by atoms with Crippen molar-refractivity contribution < 1.29 is 27.1 Å². The fourth-order valence-electron chi connectivity index (χ4n) is 3.81. The Morgan fingerprint density at radius 3 is 2.33 bits per heavy atom.